The first-order chi connectivity index (χ1) is 30.8. The number of rotatable bonds is 5. The third kappa shape index (κ3) is 7.17. The van der Waals surface area contributed by atoms with E-state index in [9.17, 15) is 0 Å². The number of aryl methyl sites for hydroxylation is 3. The van der Waals surface area contributed by atoms with Gasteiger partial charge in [-0.3, -0.25) is 0 Å². The van der Waals surface area contributed by atoms with Crippen molar-refractivity contribution in [3.05, 3.63) is 164 Å². The lowest BCUT2D eigenvalue weighted by Crippen LogP contribution is -2.62. The van der Waals surface area contributed by atoms with Gasteiger partial charge in [0.05, 0.1) is 5.69 Å². The summed E-state index contributed by atoms with van der Waals surface area (Å²) in [5.74, 6) is 0.268. The highest BCUT2D eigenvalue weighted by atomic mass is 15.2. The maximum Gasteiger partial charge on any atom is 0.247 e. The number of fused-ring (bicyclic) bond motifs is 6. The topological polar surface area (TPSA) is 3.24 Å². The van der Waals surface area contributed by atoms with Crippen molar-refractivity contribution in [3.63, 3.8) is 0 Å². The van der Waals surface area contributed by atoms with Crippen LogP contribution in [0.25, 0.3) is 11.1 Å². The predicted molar refractivity (Wildman–Crippen MR) is 287 cm³/mol. The largest absolute Gasteiger partial charge is 0.311 e. The van der Waals surface area contributed by atoms with Crippen molar-refractivity contribution >= 4 is 40.2 Å². The maximum absolute atomic E-state index is 2.74. The highest BCUT2D eigenvalue weighted by molar-refractivity contribution is 6.99. The van der Waals surface area contributed by atoms with Gasteiger partial charge in [-0.05, 0) is 180 Å². The lowest BCUT2D eigenvalue weighted by molar-refractivity contribution is 0.332. The summed E-state index contributed by atoms with van der Waals surface area (Å²) in [5, 5.41) is 0. The fourth-order valence-corrected chi connectivity index (χ4v) is 13.4. The minimum Gasteiger partial charge on any atom is -0.311 e. The molecule has 66 heavy (non-hydrogen) atoms. The predicted octanol–water partition coefficient (Wildman–Crippen LogP) is 15.3. The second-order valence-electron chi connectivity index (χ2n) is 26.1. The summed E-state index contributed by atoms with van der Waals surface area (Å²) in [5.41, 5.74) is 27.8. The molecule has 2 aliphatic heterocycles. The maximum atomic E-state index is 2.74. The molecule has 1 nitrogen and oxygen atoms in total. The van der Waals surface area contributed by atoms with E-state index in [1.54, 1.807) is 27.7 Å². The Hall–Kier alpha value is -4.82. The third-order valence-electron chi connectivity index (χ3n) is 17.1. The van der Waals surface area contributed by atoms with Crippen molar-refractivity contribution in [1.82, 2.24) is 0 Å². The molecular formula is C64H76BN. The third-order valence-corrected chi connectivity index (χ3v) is 17.1. The summed E-state index contributed by atoms with van der Waals surface area (Å²) >= 11 is 0. The van der Waals surface area contributed by atoms with E-state index in [1.807, 2.05) is 0 Å². The van der Waals surface area contributed by atoms with E-state index in [4.69, 9.17) is 0 Å². The number of hydrogen-bond donors (Lipinski definition) is 0. The van der Waals surface area contributed by atoms with Crippen LogP contribution >= 0.6 is 0 Å². The van der Waals surface area contributed by atoms with Crippen LogP contribution in [-0.2, 0) is 38.9 Å². The fraction of sp³-hybridized carbons (Fsp3) is 0.438. The van der Waals surface area contributed by atoms with Crippen LogP contribution in [0.1, 0.15) is 190 Å². The average molecular weight is 870 g/mol. The molecule has 6 aromatic rings. The summed E-state index contributed by atoms with van der Waals surface area (Å²) < 4.78 is 0. The Morgan fingerprint density at radius 2 is 1.12 bits per heavy atom. The van der Waals surface area contributed by atoms with Gasteiger partial charge in [0.25, 0.3) is 0 Å². The molecule has 340 valence electrons. The van der Waals surface area contributed by atoms with E-state index in [0.717, 1.165) is 19.3 Å². The van der Waals surface area contributed by atoms with Gasteiger partial charge >= 0.3 is 0 Å². The normalized spacial score (nSPS) is 19.4. The Bertz CT molecular complexity index is 2940. The highest BCUT2D eigenvalue weighted by Gasteiger charge is 2.49. The number of nitrogens with zero attached hydrogens (tertiary/aromatic N) is 1. The Morgan fingerprint density at radius 1 is 0.545 bits per heavy atom. The molecule has 1 unspecified atom stereocenters. The summed E-state index contributed by atoms with van der Waals surface area (Å²) in [6.45, 7) is 38.9. The number of benzene rings is 6. The zero-order valence-electron chi connectivity index (χ0n) is 43.5. The lowest BCUT2D eigenvalue weighted by atomic mass is 9.30. The van der Waals surface area contributed by atoms with E-state index in [0.29, 0.717) is 0 Å². The monoisotopic (exact) mass is 870 g/mol. The SMILES string of the molecule is Cc1cc2c3c(c1)N(c1ccc(C(C)(C)C)cc1-c1ccccc1)c1cc4c(cc1B3c1cc3c(cc1C2CCc1ccc(C(C)(C)C)cc1C)C(C)(C)CC3(C)C)C(C)(C)CCC4(C)C. The van der Waals surface area contributed by atoms with Gasteiger partial charge in [0, 0.05) is 22.9 Å². The summed E-state index contributed by atoms with van der Waals surface area (Å²) in [4.78, 5) is 2.74. The van der Waals surface area contributed by atoms with Crippen LogP contribution in [0.2, 0.25) is 0 Å². The van der Waals surface area contributed by atoms with Gasteiger partial charge in [-0.2, -0.15) is 0 Å². The van der Waals surface area contributed by atoms with Crippen LogP contribution < -0.4 is 21.3 Å². The first kappa shape index (κ1) is 45.0. The molecule has 0 radical (unpaired) electrons. The second-order valence-corrected chi connectivity index (χ2v) is 26.1. The molecule has 0 saturated heterocycles. The van der Waals surface area contributed by atoms with Crippen molar-refractivity contribution in [3.8, 4) is 11.1 Å². The molecule has 0 fully saturated rings. The molecule has 2 heterocycles. The van der Waals surface area contributed by atoms with Crippen LogP contribution in [0.4, 0.5) is 17.1 Å². The van der Waals surface area contributed by atoms with Crippen molar-refractivity contribution in [2.75, 3.05) is 4.90 Å². The molecule has 0 aromatic heterocycles. The van der Waals surface area contributed by atoms with Crippen molar-refractivity contribution in [2.45, 2.75) is 181 Å². The number of hydrogen-bond acceptors (Lipinski definition) is 1. The van der Waals surface area contributed by atoms with Gasteiger partial charge in [0.2, 0.25) is 6.71 Å². The van der Waals surface area contributed by atoms with Gasteiger partial charge < -0.3 is 4.90 Å². The minimum atomic E-state index is 0.00902. The molecule has 0 amide bonds. The van der Waals surface area contributed by atoms with E-state index >= 15 is 0 Å². The zero-order valence-corrected chi connectivity index (χ0v) is 43.5. The molecule has 2 heteroatoms. The van der Waals surface area contributed by atoms with Gasteiger partial charge in [-0.15, -0.1) is 0 Å². The lowest BCUT2D eigenvalue weighted by Gasteiger charge is -2.47. The van der Waals surface area contributed by atoms with Crippen molar-refractivity contribution < 1.29 is 0 Å². The Balaban J connectivity index is 1.29. The van der Waals surface area contributed by atoms with Gasteiger partial charge in [-0.1, -0.05) is 181 Å². The molecule has 0 saturated carbocycles. The second kappa shape index (κ2) is 14.8. The van der Waals surface area contributed by atoms with Gasteiger partial charge in [0.1, 0.15) is 0 Å². The molecule has 0 N–H and O–H groups in total. The van der Waals surface area contributed by atoms with E-state index in [1.165, 1.54) is 90.9 Å². The van der Waals surface area contributed by atoms with Crippen molar-refractivity contribution in [2.24, 2.45) is 0 Å². The molecule has 10 rings (SSSR count). The standard InChI is InChI=1S/C64H76BN/c1-39-30-48-45(26-23-41-22-24-43(32-40(41)2)59(3,4)5)47-34-49-51(64(15,16)38-63(49,13)14)35-53(47)65-54-36-50-52(62(11,12)29-28-61(50,9)10)37-56(54)66(57(31-39)58(48)65)55-27-25-44(60(6,7)8)33-46(55)42-20-18-17-19-21-42/h17-22,24-25,27,30-37,45H,23,26,28-29,38H2,1-16H3. The Morgan fingerprint density at radius 3 is 1.76 bits per heavy atom. The minimum absolute atomic E-state index is 0.00902. The molecular weight excluding hydrogens is 794 g/mol. The van der Waals surface area contributed by atoms with Gasteiger partial charge in [0.15, 0.2) is 0 Å². The van der Waals surface area contributed by atoms with E-state index in [-0.39, 0.29) is 45.1 Å². The van der Waals surface area contributed by atoms with Gasteiger partial charge in [-0.25, -0.2) is 0 Å². The average Bonchev–Trinajstić information content (AvgIpc) is 3.42. The Kier molecular flexibility index (Phi) is 10.1. The van der Waals surface area contributed by atoms with E-state index in [2.05, 4.69) is 219 Å². The molecule has 6 aromatic carbocycles. The fourth-order valence-electron chi connectivity index (χ4n) is 13.4. The Labute approximate surface area is 399 Å². The first-order valence-electron chi connectivity index (χ1n) is 25.4. The summed E-state index contributed by atoms with van der Waals surface area (Å²) in [6, 6.07) is 41.9. The van der Waals surface area contributed by atoms with Crippen LogP contribution in [-0.4, -0.2) is 6.71 Å². The highest BCUT2D eigenvalue weighted by Crippen LogP contribution is 2.54. The molecule has 0 bridgehead atoms. The quantitative estimate of drug-likeness (QED) is 0.156. The van der Waals surface area contributed by atoms with Crippen LogP contribution in [0.5, 0.6) is 0 Å². The summed E-state index contributed by atoms with van der Waals surface area (Å²) in [7, 11) is 0. The van der Waals surface area contributed by atoms with E-state index < -0.39 is 0 Å². The molecule has 0 spiro atoms. The molecule has 2 aliphatic carbocycles. The van der Waals surface area contributed by atoms with Crippen LogP contribution in [0.3, 0.4) is 0 Å². The smallest absolute Gasteiger partial charge is 0.247 e. The summed E-state index contributed by atoms with van der Waals surface area (Å²) in [6.07, 6.45) is 5.66. The van der Waals surface area contributed by atoms with Crippen LogP contribution in [0, 0.1) is 13.8 Å². The zero-order chi connectivity index (χ0) is 47.3. The molecule has 4 aliphatic rings. The van der Waals surface area contributed by atoms with Crippen LogP contribution in [0.15, 0.2) is 103 Å². The molecule has 1 atom stereocenters. The van der Waals surface area contributed by atoms with Crippen molar-refractivity contribution in [1.29, 1.82) is 0 Å². The number of anilines is 3. The first-order valence-corrected chi connectivity index (χ1v) is 25.4.